The van der Waals surface area contributed by atoms with Crippen LogP contribution in [0.4, 0.5) is 4.39 Å². The summed E-state index contributed by atoms with van der Waals surface area (Å²) in [4.78, 5) is 0.151. The highest BCUT2D eigenvalue weighted by molar-refractivity contribution is 7.98. The van der Waals surface area contributed by atoms with Crippen LogP contribution >= 0.6 is 35.0 Å². The molecular weight excluding hydrogens is 554 g/mol. The molecule has 0 saturated carbocycles. The molecule has 0 aliphatic rings. The number of halogens is 3. The Labute approximate surface area is 230 Å². The fourth-order valence-electron chi connectivity index (χ4n) is 3.51. The van der Waals surface area contributed by atoms with Crippen molar-refractivity contribution in [2.75, 3.05) is 0 Å². The zero-order valence-electron chi connectivity index (χ0n) is 20.4. The molecule has 11 heteroatoms. The maximum Gasteiger partial charge on any atom is 0.240 e. The lowest BCUT2D eigenvalue weighted by Gasteiger charge is -2.19. The average molecular weight is 580 g/mol. The van der Waals surface area contributed by atoms with Crippen LogP contribution in [0.25, 0.3) is 5.69 Å². The van der Waals surface area contributed by atoms with Crippen molar-refractivity contribution >= 4 is 45.0 Å². The summed E-state index contributed by atoms with van der Waals surface area (Å²) < 4.78 is 43.6. The second kappa shape index (κ2) is 11.1. The fraction of sp³-hybridized carbons (Fsp3) is 0.231. The number of nitrogens with one attached hydrogen (secondary N) is 1. The van der Waals surface area contributed by atoms with Gasteiger partial charge in [0.2, 0.25) is 10.0 Å². The van der Waals surface area contributed by atoms with E-state index in [-0.39, 0.29) is 22.7 Å². The third kappa shape index (κ3) is 6.72. The van der Waals surface area contributed by atoms with Gasteiger partial charge in [0.25, 0.3) is 0 Å². The van der Waals surface area contributed by atoms with E-state index in [0.29, 0.717) is 32.5 Å². The van der Waals surface area contributed by atoms with E-state index in [9.17, 15) is 12.8 Å². The Bertz CT molecular complexity index is 1500. The number of sulfonamides is 1. The first kappa shape index (κ1) is 27.6. The van der Waals surface area contributed by atoms with Crippen molar-refractivity contribution in [1.29, 1.82) is 0 Å². The van der Waals surface area contributed by atoms with Crippen LogP contribution in [0.2, 0.25) is 10.0 Å². The SMILES string of the molecule is CC(C)(C)c1ccc(S(=O)(=O)NCc2nnc(SCc3ccc(F)cc3)n2-c2cc(Cl)ccc2Cl)cc1. The van der Waals surface area contributed by atoms with Crippen LogP contribution in [-0.2, 0) is 27.7 Å². The van der Waals surface area contributed by atoms with E-state index in [1.165, 1.54) is 23.9 Å². The number of benzene rings is 3. The Morgan fingerprint density at radius 3 is 2.30 bits per heavy atom. The molecule has 0 amide bonds. The Morgan fingerprint density at radius 2 is 1.65 bits per heavy atom. The van der Waals surface area contributed by atoms with E-state index in [2.05, 4.69) is 35.7 Å². The Morgan fingerprint density at radius 1 is 0.973 bits per heavy atom. The number of nitrogens with zero attached hydrogens (tertiary/aromatic N) is 3. The molecule has 3 aromatic carbocycles. The van der Waals surface area contributed by atoms with Gasteiger partial charge in [-0.15, -0.1) is 10.2 Å². The van der Waals surface area contributed by atoms with E-state index < -0.39 is 10.0 Å². The van der Waals surface area contributed by atoms with Crippen molar-refractivity contribution in [2.24, 2.45) is 0 Å². The minimum Gasteiger partial charge on any atom is -0.271 e. The predicted octanol–water partition coefficient (Wildman–Crippen LogP) is 6.78. The summed E-state index contributed by atoms with van der Waals surface area (Å²) in [7, 11) is -3.82. The van der Waals surface area contributed by atoms with E-state index in [0.717, 1.165) is 11.1 Å². The predicted molar refractivity (Wildman–Crippen MR) is 147 cm³/mol. The van der Waals surface area contributed by atoms with E-state index in [4.69, 9.17) is 23.2 Å². The first-order chi connectivity index (χ1) is 17.4. The maximum atomic E-state index is 13.3. The van der Waals surface area contributed by atoms with Crippen LogP contribution < -0.4 is 4.72 Å². The van der Waals surface area contributed by atoms with E-state index in [1.54, 1.807) is 47.0 Å². The summed E-state index contributed by atoms with van der Waals surface area (Å²) in [5, 5.41) is 9.84. The van der Waals surface area contributed by atoms with Crippen LogP contribution in [0, 0.1) is 5.82 Å². The molecule has 0 spiro atoms. The molecule has 1 N–H and O–H groups in total. The van der Waals surface area contributed by atoms with Crippen molar-refractivity contribution < 1.29 is 12.8 Å². The summed E-state index contributed by atoms with van der Waals surface area (Å²) in [6, 6.07) is 17.9. The molecule has 0 unspecified atom stereocenters. The molecule has 1 aromatic heterocycles. The second-order valence-electron chi connectivity index (χ2n) is 9.34. The first-order valence-electron chi connectivity index (χ1n) is 11.3. The normalized spacial score (nSPS) is 12.2. The third-order valence-electron chi connectivity index (χ3n) is 5.58. The molecule has 0 saturated heterocycles. The van der Waals surface area contributed by atoms with Crippen LogP contribution in [0.5, 0.6) is 0 Å². The highest BCUT2D eigenvalue weighted by Gasteiger charge is 2.21. The number of thioether (sulfide) groups is 1. The smallest absolute Gasteiger partial charge is 0.240 e. The van der Waals surface area contributed by atoms with Crippen molar-refractivity contribution in [3.63, 3.8) is 0 Å². The van der Waals surface area contributed by atoms with Crippen LogP contribution in [0.3, 0.4) is 0 Å². The minimum atomic E-state index is -3.82. The number of rotatable bonds is 8. The van der Waals surface area contributed by atoms with Crippen molar-refractivity contribution in [3.05, 3.63) is 99.5 Å². The van der Waals surface area contributed by atoms with Gasteiger partial charge < -0.3 is 0 Å². The summed E-state index contributed by atoms with van der Waals surface area (Å²) in [5.74, 6) is 0.508. The van der Waals surface area contributed by atoms with Gasteiger partial charge in [0.05, 0.1) is 22.2 Å². The van der Waals surface area contributed by atoms with E-state index in [1.807, 2.05) is 12.1 Å². The van der Waals surface area contributed by atoms with Gasteiger partial charge in [-0.1, -0.05) is 80.0 Å². The molecule has 0 atom stereocenters. The lowest BCUT2D eigenvalue weighted by molar-refractivity contribution is 0.575. The molecule has 0 aliphatic heterocycles. The van der Waals surface area contributed by atoms with Crippen LogP contribution in [0.15, 0.2) is 76.8 Å². The largest absolute Gasteiger partial charge is 0.271 e. The van der Waals surface area contributed by atoms with Gasteiger partial charge in [0, 0.05) is 10.8 Å². The first-order valence-corrected chi connectivity index (χ1v) is 14.5. The van der Waals surface area contributed by atoms with Gasteiger partial charge in [-0.3, -0.25) is 4.57 Å². The molecule has 0 aliphatic carbocycles. The Hall–Kier alpha value is -2.43. The monoisotopic (exact) mass is 578 g/mol. The summed E-state index contributed by atoms with van der Waals surface area (Å²) >= 11 is 14.1. The molecule has 4 rings (SSSR count). The van der Waals surface area contributed by atoms with Gasteiger partial charge in [-0.2, -0.15) is 0 Å². The molecule has 1 heterocycles. The van der Waals surface area contributed by atoms with Gasteiger partial charge in [-0.25, -0.2) is 17.5 Å². The molecule has 0 fully saturated rings. The van der Waals surface area contributed by atoms with Crippen molar-refractivity contribution in [1.82, 2.24) is 19.5 Å². The molecule has 0 bridgehead atoms. The molecule has 194 valence electrons. The van der Waals surface area contributed by atoms with Gasteiger partial charge in [-0.05, 0) is 59.0 Å². The standard InChI is InChI=1S/C26H25Cl2FN4O2S2/c1-26(2,3)18-6-11-21(12-7-18)37(34,35)30-15-24-31-32-25(36-16-17-4-9-20(29)10-5-17)33(24)23-14-19(27)8-13-22(23)28/h4-14,30H,15-16H2,1-3H3. The molecule has 6 nitrogen and oxygen atoms in total. The third-order valence-corrected chi connectivity index (χ3v) is 8.55. The Kier molecular flexibility index (Phi) is 8.30. The zero-order valence-corrected chi connectivity index (χ0v) is 23.5. The van der Waals surface area contributed by atoms with Crippen molar-refractivity contribution in [3.8, 4) is 5.69 Å². The summed E-state index contributed by atoms with van der Waals surface area (Å²) in [5.41, 5.74) is 2.35. The quantitative estimate of drug-likeness (QED) is 0.233. The van der Waals surface area contributed by atoms with Crippen LogP contribution in [-0.4, -0.2) is 23.2 Å². The highest BCUT2D eigenvalue weighted by atomic mass is 35.5. The molecule has 37 heavy (non-hydrogen) atoms. The van der Waals surface area contributed by atoms with Gasteiger partial charge in [0.1, 0.15) is 5.82 Å². The number of hydrogen-bond acceptors (Lipinski definition) is 5. The average Bonchev–Trinajstić information content (AvgIpc) is 3.26. The lowest BCUT2D eigenvalue weighted by atomic mass is 9.87. The Balaban J connectivity index is 1.62. The second-order valence-corrected chi connectivity index (χ2v) is 12.9. The van der Waals surface area contributed by atoms with Gasteiger partial charge >= 0.3 is 0 Å². The number of aromatic nitrogens is 3. The van der Waals surface area contributed by atoms with Crippen molar-refractivity contribution in [2.45, 2.75) is 48.5 Å². The highest BCUT2D eigenvalue weighted by Crippen LogP contribution is 2.31. The molecule has 0 radical (unpaired) electrons. The van der Waals surface area contributed by atoms with Crippen LogP contribution in [0.1, 0.15) is 37.7 Å². The number of hydrogen-bond donors (Lipinski definition) is 1. The summed E-state index contributed by atoms with van der Waals surface area (Å²) in [6.07, 6.45) is 0. The maximum absolute atomic E-state index is 13.3. The zero-order chi connectivity index (χ0) is 26.8. The topological polar surface area (TPSA) is 76.9 Å². The summed E-state index contributed by atoms with van der Waals surface area (Å²) in [6.45, 7) is 6.06. The lowest BCUT2D eigenvalue weighted by Crippen LogP contribution is -2.25. The minimum absolute atomic E-state index is 0.0929. The van der Waals surface area contributed by atoms with E-state index >= 15 is 0 Å². The molecule has 4 aromatic rings. The molecular formula is C26H25Cl2FN4O2S2. The fourth-order valence-corrected chi connectivity index (χ4v) is 5.78. The van der Waals surface area contributed by atoms with Gasteiger partial charge in [0.15, 0.2) is 11.0 Å².